The van der Waals surface area contributed by atoms with E-state index < -0.39 is 5.60 Å². The lowest BCUT2D eigenvalue weighted by molar-refractivity contribution is 0.0760. The monoisotopic (exact) mass is 292 g/mol. The fourth-order valence-electron chi connectivity index (χ4n) is 3.04. The van der Waals surface area contributed by atoms with Gasteiger partial charge in [0.2, 0.25) is 0 Å². The number of likely N-dealkylation sites (N-methyl/N-ethyl adjacent to an activating group) is 1. The number of nitrogens with zero attached hydrogens (tertiary/aromatic N) is 2. The van der Waals surface area contributed by atoms with Crippen molar-refractivity contribution in [2.45, 2.75) is 65.6 Å². The Morgan fingerprint density at radius 3 is 2.62 bits per heavy atom. The van der Waals surface area contributed by atoms with E-state index in [0.717, 1.165) is 45.4 Å². The Hall–Kier alpha value is -1.13. The summed E-state index contributed by atoms with van der Waals surface area (Å²) in [5.74, 6) is 0. The quantitative estimate of drug-likeness (QED) is 0.905. The van der Waals surface area contributed by atoms with Crippen LogP contribution in [-0.4, -0.2) is 27.7 Å². The molecular weight excluding hydrogens is 264 g/mol. The molecule has 0 bridgehead atoms. The maximum atomic E-state index is 12.7. The molecule has 4 heteroatoms. The summed E-state index contributed by atoms with van der Waals surface area (Å²) in [6.45, 7) is 11.4. The maximum Gasteiger partial charge on any atom is 0.256 e. The lowest BCUT2D eigenvalue weighted by atomic mass is 9.94. The highest BCUT2D eigenvalue weighted by Crippen LogP contribution is 2.24. The fourth-order valence-corrected chi connectivity index (χ4v) is 3.04. The molecule has 0 aromatic carbocycles. The normalized spacial score (nSPS) is 16.0. The minimum absolute atomic E-state index is 0.0142. The van der Waals surface area contributed by atoms with Gasteiger partial charge in [-0.25, -0.2) is 0 Å². The van der Waals surface area contributed by atoms with Crippen molar-refractivity contribution in [2.75, 3.05) is 13.1 Å². The van der Waals surface area contributed by atoms with E-state index in [-0.39, 0.29) is 5.56 Å². The first-order valence-electron chi connectivity index (χ1n) is 8.09. The van der Waals surface area contributed by atoms with Crippen LogP contribution in [0.5, 0.6) is 0 Å². The van der Waals surface area contributed by atoms with E-state index in [1.807, 2.05) is 10.6 Å². The van der Waals surface area contributed by atoms with Gasteiger partial charge in [0, 0.05) is 37.3 Å². The molecule has 2 rings (SSSR count). The smallest absolute Gasteiger partial charge is 0.256 e. The van der Waals surface area contributed by atoms with E-state index in [0.29, 0.717) is 5.56 Å². The highest BCUT2D eigenvalue weighted by atomic mass is 16.3. The van der Waals surface area contributed by atoms with Crippen molar-refractivity contribution < 1.29 is 5.11 Å². The third-order valence-electron chi connectivity index (χ3n) is 4.39. The number of fused-ring (bicyclic) bond motifs is 1. The second kappa shape index (κ2) is 6.32. The SMILES string of the molecule is CCCCn1c2c(cc(C(C)(C)O)c1=O)CN(CC)CC2. The Balaban J connectivity index is 2.54. The molecule has 1 aromatic heterocycles. The number of unbranched alkanes of at least 4 members (excludes halogenated alkanes) is 1. The molecule has 1 aromatic rings. The Bertz CT molecular complexity index is 555. The maximum absolute atomic E-state index is 12.7. The Morgan fingerprint density at radius 2 is 2.05 bits per heavy atom. The zero-order valence-corrected chi connectivity index (χ0v) is 13.8. The summed E-state index contributed by atoms with van der Waals surface area (Å²) in [6, 6.07) is 1.93. The molecule has 2 heterocycles. The number of hydrogen-bond donors (Lipinski definition) is 1. The molecule has 0 saturated heterocycles. The fraction of sp³-hybridized carbons (Fsp3) is 0.706. The third-order valence-corrected chi connectivity index (χ3v) is 4.39. The zero-order valence-electron chi connectivity index (χ0n) is 13.8. The van der Waals surface area contributed by atoms with Gasteiger partial charge in [0.25, 0.3) is 5.56 Å². The summed E-state index contributed by atoms with van der Waals surface area (Å²) in [5.41, 5.74) is 1.80. The topological polar surface area (TPSA) is 45.5 Å². The van der Waals surface area contributed by atoms with Crippen molar-refractivity contribution in [1.82, 2.24) is 9.47 Å². The Morgan fingerprint density at radius 1 is 1.33 bits per heavy atom. The van der Waals surface area contributed by atoms with Gasteiger partial charge in [0.1, 0.15) is 0 Å². The molecule has 21 heavy (non-hydrogen) atoms. The summed E-state index contributed by atoms with van der Waals surface area (Å²) < 4.78 is 1.92. The van der Waals surface area contributed by atoms with E-state index in [1.165, 1.54) is 11.3 Å². The van der Waals surface area contributed by atoms with Crippen LogP contribution in [0.15, 0.2) is 10.9 Å². The number of aromatic nitrogens is 1. The van der Waals surface area contributed by atoms with Gasteiger partial charge in [-0.2, -0.15) is 0 Å². The van der Waals surface area contributed by atoms with Crippen molar-refractivity contribution in [1.29, 1.82) is 0 Å². The average Bonchev–Trinajstić information content (AvgIpc) is 2.44. The number of hydrogen-bond acceptors (Lipinski definition) is 3. The number of pyridine rings is 1. The molecule has 0 aliphatic carbocycles. The molecule has 4 nitrogen and oxygen atoms in total. The first-order chi connectivity index (χ1) is 9.88. The molecular formula is C17H28N2O2. The van der Waals surface area contributed by atoms with Crippen LogP contribution in [-0.2, 0) is 25.1 Å². The summed E-state index contributed by atoms with van der Waals surface area (Å²) in [4.78, 5) is 15.1. The molecule has 1 aliphatic rings. The molecule has 1 N–H and O–H groups in total. The zero-order chi connectivity index (χ0) is 15.6. The van der Waals surface area contributed by atoms with Gasteiger partial charge in [-0.15, -0.1) is 0 Å². The predicted molar refractivity (Wildman–Crippen MR) is 85.5 cm³/mol. The van der Waals surface area contributed by atoms with Gasteiger partial charge in [-0.1, -0.05) is 20.3 Å². The molecule has 0 unspecified atom stereocenters. The van der Waals surface area contributed by atoms with E-state index in [2.05, 4.69) is 18.7 Å². The molecule has 1 aliphatic heterocycles. The lowest BCUT2D eigenvalue weighted by Gasteiger charge is -2.31. The standard InChI is InChI=1S/C17H28N2O2/c1-5-7-9-19-15-8-10-18(6-2)12-13(15)11-14(16(19)20)17(3,4)21/h11,21H,5-10,12H2,1-4H3. The average molecular weight is 292 g/mol. The minimum atomic E-state index is -1.09. The van der Waals surface area contributed by atoms with E-state index in [1.54, 1.807) is 13.8 Å². The van der Waals surface area contributed by atoms with Gasteiger partial charge >= 0.3 is 0 Å². The largest absolute Gasteiger partial charge is 0.386 e. The van der Waals surface area contributed by atoms with Gasteiger partial charge in [-0.3, -0.25) is 9.69 Å². The van der Waals surface area contributed by atoms with E-state index in [9.17, 15) is 9.90 Å². The van der Waals surface area contributed by atoms with E-state index >= 15 is 0 Å². The first-order valence-corrected chi connectivity index (χ1v) is 8.09. The predicted octanol–water partition coefficient (Wildman–Crippen LogP) is 2.25. The van der Waals surface area contributed by atoms with Crippen molar-refractivity contribution in [2.24, 2.45) is 0 Å². The van der Waals surface area contributed by atoms with Crippen LogP contribution < -0.4 is 5.56 Å². The number of aliphatic hydroxyl groups is 1. The second-order valence-electron chi connectivity index (χ2n) is 6.52. The van der Waals surface area contributed by atoms with Crippen LogP contribution in [0.4, 0.5) is 0 Å². The summed E-state index contributed by atoms with van der Waals surface area (Å²) in [6.07, 6.45) is 2.99. The molecule has 0 fully saturated rings. The third kappa shape index (κ3) is 3.38. The van der Waals surface area contributed by atoms with Crippen LogP contribution in [0.2, 0.25) is 0 Å². The van der Waals surface area contributed by atoms with Gasteiger partial charge < -0.3 is 9.67 Å². The molecule has 0 saturated carbocycles. The van der Waals surface area contributed by atoms with Crippen LogP contribution in [0.1, 0.15) is 57.4 Å². The highest BCUT2D eigenvalue weighted by molar-refractivity contribution is 5.31. The minimum Gasteiger partial charge on any atom is -0.386 e. The van der Waals surface area contributed by atoms with Crippen LogP contribution in [0, 0.1) is 0 Å². The van der Waals surface area contributed by atoms with E-state index in [4.69, 9.17) is 0 Å². The second-order valence-corrected chi connectivity index (χ2v) is 6.52. The first kappa shape index (κ1) is 16.2. The van der Waals surface area contributed by atoms with Crippen molar-refractivity contribution >= 4 is 0 Å². The van der Waals surface area contributed by atoms with Crippen molar-refractivity contribution in [3.8, 4) is 0 Å². The van der Waals surface area contributed by atoms with Crippen LogP contribution in [0.25, 0.3) is 0 Å². The van der Waals surface area contributed by atoms with Crippen LogP contribution >= 0.6 is 0 Å². The molecule has 0 amide bonds. The van der Waals surface area contributed by atoms with Crippen molar-refractivity contribution in [3.05, 3.63) is 33.2 Å². The summed E-state index contributed by atoms with van der Waals surface area (Å²) >= 11 is 0. The highest BCUT2D eigenvalue weighted by Gasteiger charge is 2.26. The summed E-state index contributed by atoms with van der Waals surface area (Å²) in [7, 11) is 0. The summed E-state index contributed by atoms with van der Waals surface area (Å²) in [5, 5.41) is 10.3. The lowest BCUT2D eigenvalue weighted by Crippen LogP contribution is -2.39. The van der Waals surface area contributed by atoms with Crippen LogP contribution in [0.3, 0.4) is 0 Å². The Kier molecular flexibility index (Phi) is 4.89. The van der Waals surface area contributed by atoms with Gasteiger partial charge in [0.05, 0.1) is 5.60 Å². The molecule has 0 radical (unpaired) electrons. The van der Waals surface area contributed by atoms with Crippen molar-refractivity contribution in [3.63, 3.8) is 0 Å². The molecule has 0 spiro atoms. The number of rotatable bonds is 5. The molecule has 0 atom stereocenters. The van der Waals surface area contributed by atoms with Gasteiger partial charge in [-0.05, 0) is 38.4 Å². The van der Waals surface area contributed by atoms with Gasteiger partial charge in [0.15, 0.2) is 0 Å². The Labute approximate surface area is 127 Å². The molecule has 118 valence electrons.